The van der Waals surface area contributed by atoms with Crippen molar-refractivity contribution >= 4 is 17.1 Å². The fourth-order valence-corrected chi connectivity index (χ4v) is 6.47. The first-order valence-corrected chi connectivity index (χ1v) is 14.5. The van der Waals surface area contributed by atoms with Crippen molar-refractivity contribution in [2.24, 2.45) is 0 Å². The Morgan fingerprint density at radius 2 is 1.90 bits per heavy atom. The van der Waals surface area contributed by atoms with Gasteiger partial charge in [-0.15, -0.1) is 0 Å². The third-order valence-corrected chi connectivity index (χ3v) is 8.71. The van der Waals surface area contributed by atoms with Crippen LogP contribution in [0.3, 0.4) is 0 Å². The molecule has 1 fully saturated rings. The smallest absolute Gasteiger partial charge is 0.253 e. The van der Waals surface area contributed by atoms with Crippen LogP contribution in [0.1, 0.15) is 62.5 Å². The summed E-state index contributed by atoms with van der Waals surface area (Å²) in [6.45, 7) is 11.9. The molecule has 2 aliphatic rings. The number of hydrogen-bond donors (Lipinski definition) is 3. The minimum Gasteiger partial charge on any atom is -0.383 e. The number of anilines is 1. The molecule has 0 saturated carbocycles. The number of fused-ring (bicyclic) bond motifs is 2. The number of H-pyrrole nitrogens is 1. The molecule has 1 amide bonds. The first-order valence-electron chi connectivity index (χ1n) is 14.5. The quantitative estimate of drug-likeness (QED) is 0.320. The molecule has 5 heterocycles. The van der Waals surface area contributed by atoms with Gasteiger partial charge in [0.2, 0.25) is 0 Å². The normalized spacial score (nSPS) is 15.7. The molecule has 6 rings (SSSR count). The molecule has 9 nitrogen and oxygen atoms in total. The van der Waals surface area contributed by atoms with Gasteiger partial charge in [0.1, 0.15) is 6.07 Å². The molecule has 1 saturated heterocycles. The van der Waals surface area contributed by atoms with Crippen LogP contribution < -0.4 is 16.2 Å². The number of hydrogen-bond acceptors (Lipinski definition) is 6. The molecule has 1 atom stereocenters. The number of carbonyl (C=O) groups excluding carboxylic acids is 1. The Balaban J connectivity index is 1.43. The highest BCUT2D eigenvalue weighted by molar-refractivity contribution is 5.97. The van der Waals surface area contributed by atoms with Gasteiger partial charge >= 0.3 is 0 Å². The molecule has 3 aromatic heterocycles. The number of nitrogens with zero attached hydrogens (tertiary/aromatic N) is 3. The Labute approximate surface area is 245 Å². The summed E-state index contributed by atoms with van der Waals surface area (Å²) in [6, 6.07) is 12.4. The Kier molecular flexibility index (Phi) is 7.35. The van der Waals surface area contributed by atoms with Crippen molar-refractivity contribution in [2.75, 3.05) is 38.2 Å². The zero-order valence-electron chi connectivity index (χ0n) is 24.6. The van der Waals surface area contributed by atoms with E-state index in [2.05, 4.69) is 56.2 Å². The van der Waals surface area contributed by atoms with Crippen LogP contribution in [0, 0.1) is 32.1 Å². The zero-order chi connectivity index (χ0) is 29.5. The summed E-state index contributed by atoms with van der Waals surface area (Å²) in [5.74, 6) is -0.220. The summed E-state index contributed by atoms with van der Waals surface area (Å²) >= 11 is 0. The van der Waals surface area contributed by atoms with Gasteiger partial charge in [0.25, 0.3) is 11.5 Å². The molecule has 9 heteroatoms. The van der Waals surface area contributed by atoms with E-state index in [4.69, 9.17) is 4.74 Å². The number of morpholine rings is 1. The van der Waals surface area contributed by atoms with Crippen LogP contribution in [0.25, 0.3) is 16.6 Å². The second kappa shape index (κ2) is 11.1. The fourth-order valence-electron chi connectivity index (χ4n) is 6.47. The van der Waals surface area contributed by atoms with Gasteiger partial charge < -0.3 is 24.8 Å². The van der Waals surface area contributed by atoms with E-state index < -0.39 is 0 Å². The number of nitriles is 1. The number of amides is 1. The van der Waals surface area contributed by atoms with E-state index in [1.165, 1.54) is 0 Å². The van der Waals surface area contributed by atoms with Gasteiger partial charge in [0.15, 0.2) is 0 Å². The predicted molar refractivity (Wildman–Crippen MR) is 163 cm³/mol. The first-order chi connectivity index (χ1) is 20.2. The molecule has 42 heavy (non-hydrogen) atoms. The van der Waals surface area contributed by atoms with Crippen molar-refractivity contribution in [3.05, 3.63) is 91.7 Å². The molecular weight excluding hydrogens is 528 g/mol. The van der Waals surface area contributed by atoms with Crippen LogP contribution in [-0.4, -0.2) is 53.0 Å². The fraction of sp³-hybridized carbons (Fsp3) is 0.364. The number of aryl methyl sites for hydroxylation is 2. The van der Waals surface area contributed by atoms with Gasteiger partial charge in [0, 0.05) is 72.0 Å². The lowest BCUT2D eigenvalue weighted by Gasteiger charge is -2.34. The van der Waals surface area contributed by atoms with E-state index in [0.717, 1.165) is 76.5 Å². The molecule has 4 aromatic rings. The highest BCUT2D eigenvalue weighted by Crippen LogP contribution is 2.35. The van der Waals surface area contributed by atoms with Gasteiger partial charge in [-0.1, -0.05) is 0 Å². The van der Waals surface area contributed by atoms with Gasteiger partial charge in [-0.3, -0.25) is 14.5 Å². The molecule has 0 bridgehead atoms. The molecule has 0 spiro atoms. The van der Waals surface area contributed by atoms with Crippen LogP contribution >= 0.6 is 0 Å². The number of aromatic amines is 1. The standard InChI is InChI=1S/C33H36N6O3/c1-19-11-20(2)37-33(41)29(19)17-36-32(40)28-15-27-14-26(24-12-23-5-6-35-30(23)25(13-24)16-34)18-39(27)31(21(28)3)22(4)38-7-9-42-10-8-38/h11-15,18,22,35H,5-10,17H2,1-4H3,(H,36,40)(H,37,41). The predicted octanol–water partition coefficient (Wildman–Crippen LogP) is 4.38. The van der Waals surface area contributed by atoms with E-state index in [1.54, 1.807) is 0 Å². The van der Waals surface area contributed by atoms with Gasteiger partial charge in [-0.05, 0) is 86.7 Å². The monoisotopic (exact) mass is 564 g/mol. The third-order valence-electron chi connectivity index (χ3n) is 8.71. The average Bonchev–Trinajstić information content (AvgIpc) is 3.63. The molecule has 3 N–H and O–H groups in total. The van der Waals surface area contributed by atoms with Crippen LogP contribution in [0.5, 0.6) is 0 Å². The molecule has 0 aliphatic carbocycles. The lowest BCUT2D eigenvalue weighted by atomic mass is 9.99. The minimum absolute atomic E-state index is 0.0328. The lowest BCUT2D eigenvalue weighted by molar-refractivity contribution is 0.0187. The summed E-state index contributed by atoms with van der Waals surface area (Å²) in [5.41, 5.74) is 10.2. The SMILES string of the molecule is Cc1cc(C)c(CNC(=O)c2cc3cc(-c4cc(C#N)c5c(c4)CCN5)cn3c(C(C)N3CCOCC3)c2C)c(=O)[nH]1. The molecule has 216 valence electrons. The summed E-state index contributed by atoms with van der Waals surface area (Å²) in [7, 11) is 0. The van der Waals surface area contributed by atoms with E-state index in [9.17, 15) is 14.9 Å². The van der Waals surface area contributed by atoms with E-state index in [-0.39, 0.29) is 24.1 Å². The Hall–Kier alpha value is -4.39. The maximum absolute atomic E-state index is 13.7. The zero-order valence-corrected chi connectivity index (χ0v) is 24.6. The summed E-state index contributed by atoms with van der Waals surface area (Å²) in [4.78, 5) is 31.5. The number of ether oxygens (including phenoxy) is 1. The first kappa shape index (κ1) is 27.8. The molecular formula is C33H36N6O3. The van der Waals surface area contributed by atoms with E-state index in [1.807, 2.05) is 39.0 Å². The topological polar surface area (TPSA) is 115 Å². The van der Waals surface area contributed by atoms with E-state index >= 15 is 0 Å². The van der Waals surface area contributed by atoms with Gasteiger partial charge in [0.05, 0.1) is 24.5 Å². The number of pyridine rings is 2. The van der Waals surface area contributed by atoms with Crippen LogP contribution in [-0.2, 0) is 17.7 Å². The van der Waals surface area contributed by atoms with Crippen molar-refractivity contribution in [3.63, 3.8) is 0 Å². The van der Waals surface area contributed by atoms with Crippen molar-refractivity contribution in [1.29, 1.82) is 5.26 Å². The second-order valence-electron chi connectivity index (χ2n) is 11.4. The highest BCUT2D eigenvalue weighted by atomic mass is 16.5. The van der Waals surface area contributed by atoms with Gasteiger partial charge in [-0.25, -0.2) is 0 Å². The van der Waals surface area contributed by atoms with Gasteiger partial charge in [-0.2, -0.15) is 5.26 Å². The second-order valence-corrected chi connectivity index (χ2v) is 11.4. The van der Waals surface area contributed by atoms with Crippen molar-refractivity contribution in [1.82, 2.24) is 19.6 Å². The number of aromatic nitrogens is 2. The largest absolute Gasteiger partial charge is 0.383 e. The van der Waals surface area contributed by atoms with E-state index in [0.29, 0.717) is 29.9 Å². The number of carbonyl (C=O) groups is 1. The van der Waals surface area contributed by atoms with Crippen molar-refractivity contribution < 1.29 is 9.53 Å². The Bertz CT molecular complexity index is 1810. The highest BCUT2D eigenvalue weighted by Gasteiger charge is 2.26. The Morgan fingerprint density at radius 3 is 2.64 bits per heavy atom. The summed E-state index contributed by atoms with van der Waals surface area (Å²) < 4.78 is 7.80. The lowest BCUT2D eigenvalue weighted by Crippen LogP contribution is -2.39. The van der Waals surface area contributed by atoms with Crippen molar-refractivity contribution in [3.8, 4) is 17.2 Å². The number of rotatable bonds is 6. The molecule has 2 aliphatic heterocycles. The number of benzene rings is 1. The average molecular weight is 565 g/mol. The summed E-state index contributed by atoms with van der Waals surface area (Å²) in [5, 5.41) is 16.2. The van der Waals surface area contributed by atoms with Crippen LogP contribution in [0.15, 0.2) is 41.3 Å². The maximum Gasteiger partial charge on any atom is 0.253 e. The van der Waals surface area contributed by atoms with Crippen LogP contribution in [0.2, 0.25) is 0 Å². The minimum atomic E-state index is -0.220. The number of nitrogens with one attached hydrogen (secondary N) is 3. The van der Waals surface area contributed by atoms with Crippen LogP contribution in [0.4, 0.5) is 5.69 Å². The third kappa shape index (κ3) is 4.97. The molecule has 1 aromatic carbocycles. The molecule has 1 unspecified atom stereocenters. The summed E-state index contributed by atoms with van der Waals surface area (Å²) in [6.07, 6.45) is 3.01. The Morgan fingerprint density at radius 1 is 1.12 bits per heavy atom. The van der Waals surface area contributed by atoms with Crippen molar-refractivity contribution in [2.45, 2.75) is 46.7 Å². The molecule has 0 radical (unpaired) electrons. The maximum atomic E-state index is 13.7.